The summed E-state index contributed by atoms with van der Waals surface area (Å²) in [4.78, 5) is 10.1. The number of rotatable bonds is 3. The molecule has 7 nitrogen and oxygen atoms in total. The molecular formula is C11H15ClN2O5S2. The number of hydrogen-bond donors (Lipinski definition) is 1. The monoisotopic (exact) mass is 354 g/mol. The molecule has 1 aliphatic heterocycles. The van der Waals surface area contributed by atoms with Crippen LogP contribution in [0.25, 0.3) is 0 Å². The fourth-order valence-electron chi connectivity index (χ4n) is 2.20. The van der Waals surface area contributed by atoms with Crippen molar-refractivity contribution >= 4 is 38.6 Å². The van der Waals surface area contributed by atoms with Gasteiger partial charge in [-0.15, -0.1) is 11.3 Å². The molecule has 1 unspecified atom stereocenters. The van der Waals surface area contributed by atoms with E-state index < -0.39 is 26.2 Å². The Kier molecular flexibility index (Phi) is 4.60. The van der Waals surface area contributed by atoms with Gasteiger partial charge in [-0.1, -0.05) is 11.6 Å². The fourth-order valence-corrected chi connectivity index (χ4v) is 5.50. The summed E-state index contributed by atoms with van der Waals surface area (Å²) in [6.07, 6.45) is 1.38. The van der Waals surface area contributed by atoms with Gasteiger partial charge in [0, 0.05) is 19.2 Å². The normalized spacial score (nSPS) is 24.7. The van der Waals surface area contributed by atoms with Crippen LogP contribution in [-0.2, 0) is 10.0 Å². The zero-order valence-corrected chi connectivity index (χ0v) is 13.7. The Morgan fingerprint density at radius 3 is 2.71 bits per heavy atom. The number of thiophene rings is 1. The smallest absolute Gasteiger partial charge is 0.300 e. The maximum absolute atomic E-state index is 12.5. The molecule has 1 aromatic heterocycles. The summed E-state index contributed by atoms with van der Waals surface area (Å²) in [5.41, 5.74) is -1.29. The van der Waals surface area contributed by atoms with E-state index in [1.165, 1.54) is 4.31 Å². The summed E-state index contributed by atoms with van der Waals surface area (Å²) in [6.45, 7) is 2.14. The second-order valence-electron chi connectivity index (χ2n) is 5.24. The first kappa shape index (κ1) is 16.6. The molecular weight excluding hydrogens is 340 g/mol. The minimum Gasteiger partial charge on any atom is -0.390 e. The van der Waals surface area contributed by atoms with E-state index in [4.69, 9.17) is 11.6 Å². The lowest BCUT2D eigenvalue weighted by Gasteiger charge is -2.21. The van der Waals surface area contributed by atoms with Crippen LogP contribution < -0.4 is 0 Å². The third-order valence-corrected chi connectivity index (χ3v) is 7.15. The molecule has 0 aromatic carbocycles. The van der Waals surface area contributed by atoms with Gasteiger partial charge in [-0.25, -0.2) is 8.42 Å². The lowest BCUT2D eigenvalue weighted by Crippen LogP contribution is -2.33. The number of nitrogens with zero attached hydrogens (tertiary/aromatic N) is 2. The Morgan fingerprint density at radius 1 is 1.48 bits per heavy atom. The second kappa shape index (κ2) is 5.81. The van der Waals surface area contributed by atoms with E-state index in [-0.39, 0.29) is 21.6 Å². The number of halogens is 1. The van der Waals surface area contributed by atoms with E-state index in [0.717, 1.165) is 6.07 Å². The summed E-state index contributed by atoms with van der Waals surface area (Å²) in [6, 6.07) is 0.991. The highest BCUT2D eigenvalue weighted by molar-refractivity contribution is 7.91. The van der Waals surface area contributed by atoms with Crippen LogP contribution in [0.5, 0.6) is 0 Å². The average Bonchev–Trinajstić information content (AvgIpc) is 2.66. The molecule has 0 saturated carbocycles. The molecule has 21 heavy (non-hydrogen) atoms. The second-order valence-corrected chi connectivity index (χ2v) is 9.06. The SMILES string of the molecule is CC1(O)CCCN(S(=O)(=O)c2cc([N+](=O)[O-])c(Cl)s2)CC1. The van der Waals surface area contributed by atoms with Crippen molar-refractivity contribution < 1.29 is 18.4 Å². The summed E-state index contributed by atoms with van der Waals surface area (Å²) < 4.78 is 26.0. The van der Waals surface area contributed by atoms with Crippen LogP contribution in [0.1, 0.15) is 26.2 Å². The lowest BCUT2D eigenvalue weighted by atomic mass is 9.98. The average molecular weight is 355 g/mol. The topological polar surface area (TPSA) is 101 Å². The van der Waals surface area contributed by atoms with E-state index in [1.807, 2.05) is 0 Å². The Morgan fingerprint density at radius 2 is 2.14 bits per heavy atom. The van der Waals surface area contributed by atoms with Crippen molar-refractivity contribution in [3.8, 4) is 0 Å². The third kappa shape index (κ3) is 3.54. The minimum absolute atomic E-state index is 0.138. The Hall–Kier alpha value is -0.740. The number of hydrogen-bond acceptors (Lipinski definition) is 6. The zero-order chi connectivity index (χ0) is 15.8. The van der Waals surface area contributed by atoms with E-state index >= 15 is 0 Å². The van der Waals surface area contributed by atoms with Gasteiger partial charge in [-0.05, 0) is 26.2 Å². The highest BCUT2D eigenvalue weighted by Crippen LogP contribution is 2.38. The maximum Gasteiger partial charge on any atom is 0.300 e. The van der Waals surface area contributed by atoms with Gasteiger partial charge in [0.15, 0.2) is 4.34 Å². The maximum atomic E-state index is 12.5. The molecule has 1 N–H and O–H groups in total. The van der Waals surface area contributed by atoms with Gasteiger partial charge in [0.2, 0.25) is 0 Å². The van der Waals surface area contributed by atoms with Crippen molar-refractivity contribution in [3.05, 3.63) is 20.5 Å². The number of sulfonamides is 1. The van der Waals surface area contributed by atoms with Gasteiger partial charge < -0.3 is 5.11 Å². The van der Waals surface area contributed by atoms with E-state index in [9.17, 15) is 23.6 Å². The molecule has 2 rings (SSSR count). The van der Waals surface area contributed by atoms with Crippen molar-refractivity contribution in [1.29, 1.82) is 0 Å². The molecule has 10 heteroatoms. The largest absolute Gasteiger partial charge is 0.390 e. The summed E-state index contributed by atoms with van der Waals surface area (Å²) in [5, 5.41) is 20.8. The molecule has 1 aliphatic rings. The molecule has 2 heterocycles. The lowest BCUT2D eigenvalue weighted by molar-refractivity contribution is -0.384. The molecule has 0 bridgehead atoms. The predicted molar refractivity (Wildman–Crippen MR) is 79.2 cm³/mol. The first-order valence-corrected chi connectivity index (χ1v) is 8.93. The zero-order valence-electron chi connectivity index (χ0n) is 11.3. The number of nitro groups is 1. The summed E-state index contributed by atoms with van der Waals surface area (Å²) in [5.74, 6) is 0. The first-order chi connectivity index (χ1) is 9.63. The van der Waals surface area contributed by atoms with E-state index in [1.54, 1.807) is 6.92 Å². The standard InChI is InChI=1S/C11H15ClN2O5S2/c1-11(15)3-2-5-13(6-4-11)21(18,19)9-7-8(14(16)17)10(12)20-9/h7,15H,2-6H2,1H3. The molecule has 1 aromatic rings. The van der Waals surface area contributed by atoms with Crippen LogP contribution in [0.3, 0.4) is 0 Å². The Labute approximate surface area is 131 Å². The van der Waals surface area contributed by atoms with E-state index in [0.29, 0.717) is 30.6 Å². The van der Waals surface area contributed by atoms with Crippen LogP contribution in [0.2, 0.25) is 4.34 Å². The highest BCUT2D eigenvalue weighted by atomic mass is 35.5. The van der Waals surface area contributed by atoms with Gasteiger partial charge in [-0.3, -0.25) is 10.1 Å². The van der Waals surface area contributed by atoms with Gasteiger partial charge in [0.25, 0.3) is 15.7 Å². The third-order valence-electron chi connectivity index (χ3n) is 3.46. The molecule has 1 atom stereocenters. The Bertz CT molecular complexity index is 656. The minimum atomic E-state index is -3.82. The molecule has 118 valence electrons. The molecule has 0 spiro atoms. The fraction of sp³-hybridized carbons (Fsp3) is 0.636. The van der Waals surface area contributed by atoms with Crippen molar-refractivity contribution in [2.75, 3.05) is 13.1 Å². The van der Waals surface area contributed by atoms with E-state index in [2.05, 4.69) is 0 Å². The molecule has 0 radical (unpaired) electrons. The molecule has 0 aliphatic carbocycles. The van der Waals surface area contributed by atoms with Crippen molar-refractivity contribution in [3.63, 3.8) is 0 Å². The van der Waals surface area contributed by atoms with Crippen LogP contribution in [0.15, 0.2) is 10.3 Å². The molecule has 0 amide bonds. The van der Waals surface area contributed by atoms with Crippen LogP contribution in [-0.4, -0.2) is 41.4 Å². The summed E-state index contributed by atoms with van der Waals surface area (Å²) >= 11 is 6.40. The quantitative estimate of drug-likeness (QED) is 0.662. The Balaban J connectivity index is 2.29. The van der Waals surface area contributed by atoms with Gasteiger partial charge >= 0.3 is 0 Å². The van der Waals surface area contributed by atoms with Crippen molar-refractivity contribution in [1.82, 2.24) is 4.31 Å². The van der Waals surface area contributed by atoms with Gasteiger partial charge in [-0.2, -0.15) is 4.31 Å². The van der Waals surface area contributed by atoms with Gasteiger partial charge in [0.1, 0.15) is 4.21 Å². The van der Waals surface area contributed by atoms with Gasteiger partial charge in [0.05, 0.1) is 10.5 Å². The highest BCUT2D eigenvalue weighted by Gasteiger charge is 2.34. The predicted octanol–water partition coefficient (Wildman–Crippen LogP) is 2.24. The van der Waals surface area contributed by atoms with Crippen molar-refractivity contribution in [2.24, 2.45) is 0 Å². The number of aliphatic hydroxyl groups is 1. The van der Waals surface area contributed by atoms with Crippen LogP contribution in [0, 0.1) is 10.1 Å². The first-order valence-electron chi connectivity index (χ1n) is 6.30. The van der Waals surface area contributed by atoms with Crippen molar-refractivity contribution in [2.45, 2.75) is 36.0 Å². The molecule has 1 fully saturated rings. The van der Waals surface area contributed by atoms with Crippen LogP contribution >= 0.6 is 22.9 Å². The molecule has 1 saturated heterocycles. The van der Waals surface area contributed by atoms with Crippen LogP contribution in [0.4, 0.5) is 5.69 Å². The summed E-state index contributed by atoms with van der Waals surface area (Å²) in [7, 11) is -3.82.